The van der Waals surface area contributed by atoms with Gasteiger partial charge < -0.3 is 8.98 Å². The van der Waals surface area contributed by atoms with Crippen molar-refractivity contribution in [2.75, 3.05) is 0 Å². The minimum absolute atomic E-state index is 0.323. The Bertz CT molecular complexity index is 3570. The van der Waals surface area contributed by atoms with E-state index in [2.05, 4.69) is 118 Å². The van der Waals surface area contributed by atoms with Gasteiger partial charge in [0.15, 0.2) is 11.6 Å². The van der Waals surface area contributed by atoms with Crippen LogP contribution in [0.2, 0.25) is 0 Å². The van der Waals surface area contributed by atoms with Crippen LogP contribution >= 0.6 is 0 Å². The zero-order valence-electron chi connectivity index (χ0n) is 30.8. The summed E-state index contributed by atoms with van der Waals surface area (Å²) in [7, 11) is 0. The molecule has 0 aliphatic carbocycles. The molecule has 0 spiro atoms. The molecule has 0 amide bonds. The fourth-order valence-corrected chi connectivity index (χ4v) is 8.66. The first-order valence-corrected chi connectivity index (χ1v) is 19.2. The zero-order chi connectivity index (χ0) is 38.3. The van der Waals surface area contributed by atoms with Gasteiger partial charge in [0.2, 0.25) is 5.95 Å². The number of hydrogen-bond donors (Lipinski definition) is 0. The molecular formula is C51H30FN5O. The van der Waals surface area contributed by atoms with E-state index in [4.69, 9.17) is 19.4 Å². The highest BCUT2D eigenvalue weighted by atomic mass is 19.1. The average molecular weight is 748 g/mol. The molecule has 272 valence electrons. The smallest absolute Gasteiger partial charge is 0.238 e. The van der Waals surface area contributed by atoms with Crippen LogP contribution in [0.25, 0.3) is 111 Å². The Morgan fingerprint density at radius 2 is 0.948 bits per heavy atom. The maximum atomic E-state index is 14.2. The van der Waals surface area contributed by atoms with Crippen LogP contribution in [-0.4, -0.2) is 24.1 Å². The lowest BCUT2D eigenvalue weighted by Crippen LogP contribution is -2.07. The first kappa shape index (κ1) is 32.4. The summed E-state index contributed by atoms with van der Waals surface area (Å²) < 4.78 is 25.4. The first-order valence-electron chi connectivity index (χ1n) is 19.2. The number of halogens is 1. The van der Waals surface area contributed by atoms with Crippen molar-refractivity contribution < 1.29 is 8.81 Å². The Kier molecular flexibility index (Phi) is 7.01. The maximum Gasteiger partial charge on any atom is 0.238 e. The van der Waals surface area contributed by atoms with E-state index in [1.54, 1.807) is 12.1 Å². The van der Waals surface area contributed by atoms with E-state index in [0.29, 0.717) is 23.2 Å². The van der Waals surface area contributed by atoms with Gasteiger partial charge in [0.1, 0.15) is 17.0 Å². The van der Waals surface area contributed by atoms with Gasteiger partial charge in [0.05, 0.1) is 22.1 Å². The van der Waals surface area contributed by atoms with Crippen molar-refractivity contribution >= 4 is 65.6 Å². The van der Waals surface area contributed by atoms with Crippen molar-refractivity contribution in [2.45, 2.75) is 0 Å². The fourth-order valence-electron chi connectivity index (χ4n) is 8.66. The molecule has 0 aliphatic heterocycles. The summed E-state index contributed by atoms with van der Waals surface area (Å²) in [6.07, 6.45) is 0. The van der Waals surface area contributed by atoms with Gasteiger partial charge in [-0.05, 0) is 60.2 Å². The molecule has 0 saturated carbocycles. The van der Waals surface area contributed by atoms with E-state index in [1.165, 1.54) is 12.1 Å². The predicted molar refractivity (Wildman–Crippen MR) is 232 cm³/mol. The Labute approximate surface area is 330 Å². The first-order chi connectivity index (χ1) is 28.7. The quantitative estimate of drug-likeness (QED) is 0.176. The molecule has 4 heterocycles. The topological polar surface area (TPSA) is 61.7 Å². The largest absolute Gasteiger partial charge is 0.455 e. The van der Waals surface area contributed by atoms with Crippen LogP contribution in [0, 0.1) is 5.82 Å². The molecule has 0 fully saturated rings. The number of para-hydroxylation sites is 3. The maximum absolute atomic E-state index is 14.2. The number of benzene rings is 8. The SMILES string of the molecule is Fc1ccc(-c2nc(-c3ccccc3)nc(-n3c4ccccc4c4ccc5c6ccccc6n(-c6cc(-c7ccccc7)c7oc8ccccc8c7c6)c5c43)n2)cc1. The van der Waals surface area contributed by atoms with Crippen molar-refractivity contribution in [1.82, 2.24) is 24.1 Å². The lowest BCUT2D eigenvalue weighted by molar-refractivity contribution is 0.628. The standard InChI is InChI=1S/C51H30FN5O/c52-34-25-23-33(24-26-34)50-53-49(32-15-5-2-6-16-32)54-51(55-50)57-44-21-11-8-18-37(44)40-28-27-39-36-17-7-10-20-43(36)56(46(39)47(40)57)35-29-41(31-13-3-1-4-14-31)48-42(30-35)38-19-9-12-22-45(38)58-48/h1-30H. The number of furan rings is 1. The molecule has 0 aliphatic rings. The molecule has 0 atom stereocenters. The molecule has 0 unspecified atom stereocenters. The second-order valence-electron chi connectivity index (χ2n) is 14.6. The van der Waals surface area contributed by atoms with Crippen molar-refractivity contribution in [3.05, 3.63) is 188 Å². The Morgan fingerprint density at radius 3 is 1.62 bits per heavy atom. The summed E-state index contributed by atoms with van der Waals surface area (Å²) >= 11 is 0. The Morgan fingerprint density at radius 1 is 0.414 bits per heavy atom. The van der Waals surface area contributed by atoms with Crippen LogP contribution in [0.5, 0.6) is 0 Å². The number of nitrogens with zero attached hydrogens (tertiary/aromatic N) is 5. The van der Waals surface area contributed by atoms with E-state index < -0.39 is 0 Å². The molecule has 0 bridgehead atoms. The summed E-state index contributed by atoms with van der Waals surface area (Å²) in [4.78, 5) is 15.4. The van der Waals surface area contributed by atoms with Crippen LogP contribution < -0.4 is 0 Å². The van der Waals surface area contributed by atoms with Crippen LogP contribution in [0.15, 0.2) is 186 Å². The second kappa shape index (κ2) is 12.6. The number of rotatable bonds is 5. The lowest BCUT2D eigenvalue weighted by Gasteiger charge is -2.14. The minimum atomic E-state index is -0.323. The third-order valence-corrected chi connectivity index (χ3v) is 11.2. The van der Waals surface area contributed by atoms with E-state index in [1.807, 2.05) is 48.5 Å². The Hall–Kier alpha value is -7.90. The van der Waals surface area contributed by atoms with Gasteiger partial charge in [-0.1, -0.05) is 127 Å². The van der Waals surface area contributed by atoms with E-state index in [9.17, 15) is 4.39 Å². The molecular weight excluding hydrogens is 718 g/mol. The predicted octanol–water partition coefficient (Wildman–Crippen LogP) is 13.1. The Balaban J connectivity index is 1.25. The summed E-state index contributed by atoms with van der Waals surface area (Å²) in [5.74, 6) is 1.11. The minimum Gasteiger partial charge on any atom is -0.455 e. The van der Waals surface area contributed by atoms with E-state index in [-0.39, 0.29) is 5.82 Å². The molecule has 7 heteroatoms. The molecule has 4 aromatic heterocycles. The highest BCUT2D eigenvalue weighted by molar-refractivity contribution is 6.24. The second-order valence-corrected chi connectivity index (χ2v) is 14.6. The van der Waals surface area contributed by atoms with E-state index in [0.717, 1.165) is 87.9 Å². The number of fused-ring (bicyclic) bond motifs is 10. The summed E-state index contributed by atoms with van der Waals surface area (Å²) in [5.41, 5.74) is 10.3. The number of hydrogen-bond acceptors (Lipinski definition) is 4. The molecule has 12 rings (SSSR count). The van der Waals surface area contributed by atoms with Gasteiger partial charge in [-0.2, -0.15) is 9.97 Å². The molecule has 8 aromatic carbocycles. The van der Waals surface area contributed by atoms with Crippen molar-refractivity contribution in [1.29, 1.82) is 0 Å². The molecule has 0 saturated heterocycles. The van der Waals surface area contributed by atoms with Crippen LogP contribution in [0.3, 0.4) is 0 Å². The van der Waals surface area contributed by atoms with Crippen LogP contribution in [0.1, 0.15) is 0 Å². The lowest BCUT2D eigenvalue weighted by atomic mass is 10.0. The normalized spacial score (nSPS) is 11.9. The van der Waals surface area contributed by atoms with Gasteiger partial charge in [0, 0.05) is 54.7 Å². The van der Waals surface area contributed by atoms with Crippen molar-refractivity contribution in [3.63, 3.8) is 0 Å². The van der Waals surface area contributed by atoms with Gasteiger partial charge in [-0.3, -0.25) is 4.57 Å². The molecule has 12 aromatic rings. The third-order valence-electron chi connectivity index (χ3n) is 11.2. The summed E-state index contributed by atoms with van der Waals surface area (Å²) in [6.45, 7) is 0. The van der Waals surface area contributed by atoms with Gasteiger partial charge in [-0.15, -0.1) is 0 Å². The fraction of sp³-hybridized carbons (Fsp3) is 0. The molecule has 0 N–H and O–H groups in total. The van der Waals surface area contributed by atoms with Crippen molar-refractivity contribution in [3.8, 4) is 45.5 Å². The van der Waals surface area contributed by atoms with Crippen LogP contribution in [-0.2, 0) is 0 Å². The monoisotopic (exact) mass is 747 g/mol. The summed E-state index contributed by atoms with van der Waals surface area (Å²) in [5, 5.41) is 6.46. The van der Waals surface area contributed by atoms with Crippen molar-refractivity contribution in [2.24, 2.45) is 0 Å². The highest BCUT2D eigenvalue weighted by Crippen LogP contribution is 2.44. The molecule has 6 nitrogen and oxygen atoms in total. The van der Waals surface area contributed by atoms with Gasteiger partial charge in [0.25, 0.3) is 0 Å². The third kappa shape index (κ3) is 4.86. The van der Waals surface area contributed by atoms with E-state index >= 15 is 0 Å². The van der Waals surface area contributed by atoms with Gasteiger partial charge in [-0.25, -0.2) is 9.37 Å². The van der Waals surface area contributed by atoms with Crippen LogP contribution in [0.4, 0.5) is 4.39 Å². The zero-order valence-corrected chi connectivity index (χ0v) is 30.8. The highest BCUT2D eigenvalue weighted by Gasteiger charge is 2.25. The molecule has 0 radical (unpaired) electrons. The van der Waals surface area contributed by atoms with Gasteiger partial charge >= 0.3 is 0 Å². The molecule has 58 heavy (non-hydrogen) atoms. The average Bonchev–Trinajstić information content (AvgIpc) is 3.95. The summed E-state index contributed by atoms with van der Waals surface area (Å²) in [6, 6.07) is 60.9. The number of aromatic nitrogens is 5.